The molecule has 0 heterocycles. The minimum atomic E-state index is -1.85. The molecule has 0 saturated carbocycles. The number of carbonyl (C=O) groups excluding carboxylic acids is 1. The summed E-state index contributed by atoms with van der Waals surface area (Å²) < 4.78 is 5.29. The van der Waals surface area contributed by atoms with Crippen molar-refractivity contribution in [3.05, 3.63) is 24.3 Å². The zero-order valence-electron chi connectivity index (χ0n) is 9.82. The number of hydrogen-bond acceptors (Lipinski definition) is 4. The van der Waals surface area contributed by atoms with Crippen molar-refractivity contribution in [1.29, 1.82) is 0 Å². The smallest absolute Gasteiger partial charge is 0.398 e. The molecule has 0 bridgehead atoms. The molecule has 3 nitrogen and oxygen atoms in total. The summed E-state index contributed by atoms with van der Waals surface area (Å²) in [4.78, 5) is 12.5. The van der Waals surface area contributed by atoms with Crippen LogP contribution in [0, 0.1) is 0 Å². The van der Waals surface area contributed by atoms with Gasteiger partial charge in [-0.05, 0) is 59.3 Å². The third-order valence-corrected chi connectivity index (χ3v) is 4.25. The van der Waals surface area contributed by atoms with Gasteiger partial charge in [-0.1, -0.05) is 6.07 Å². The lowest BCUT2D eigenvalue weighted by Crippen LogP contribution is -2.31. The molecule has 7 heteroatoms. The Kier molecular flexibility index (Phi) is 5.71. The predicted octanol–water partition coefficient (Wildman–Crippen LogP) is 4.96. The highest BCUT2D eigenvalue weighted by atomic mass is 35.7. The number of rotatable bonds is 4. The van der Waals surface area contributed by atoms with Crippen LogP contribution in [-0.2, 0) is 4.43 Å². The van der Waals surface area contributed by atoms with Gasteiger partial charge in [0.25, 0.3) is 0 Å². The highest BCUT2D eigenvalue weighted by Gasteiger charge is 2.19. The van der Waals surface area contributed by atoms with E-state index >= 15 is 0 Å². The van der Waals surface area contributed by atoms with Crippen LogP contribution in [0.5, 0.6) is 0 Å². The fraction of sp³-hybridized carbons (Fsp3) is 0.300. The molecule has 0 spiro atoms. The third-order valence-electron chi connectivity index (χ3n) is 1.61. The number of hydrogen-bond donors (Lipinski definition) is 1. The fourth-order valence-electron chi connectivity index (χ4n) is 1.08. The number of halogens is 1. The summed E-state index contributed by atoms with van der Waals surface area (Å²) in [6.45, 7) is 5.88. The first-order valence-corrected chi connectivity index (χ1v) is 11.3. The number of anilines is 1. The van der Waals surface area contributed by atoms with Crippen LogP contribution >= 0.6 is 31.5 Å². The number of benzene rings is 1. The van der Waals surface area contributed by atoms with E-state index in [1.165, 1.54) is 10.8 Å². The first-order chi connectivity index (χ1) is 7.90. The molecule has 0 aliphatic heterocycles. The highest BCUT2D eigenvalue weighted by molar-refractivity contribution is 8.85. The molecule has 1 amide bonds. The van der Waals surface area contributed by atoms with Crippen LogP contribution < -0.4 is 5.32 Å². The Morgan fingerprint density at radius 1 is 1.41 bits per heavy atom. The largest absolute Gasteiger partial charge is 0.504 e. The van der Waals surface area contributed by atoms with Gasteiger partial charge in [-0.3, -0.25) is 5.32 Å². The maximum atomic E-state index is 11.6. The van der Waals surface area contributed by atoms with Crippen molar-refractivity contribution in [1.82, 2.24) is 0 Å². The Labute approximate surface area is 115 Å². The Bertz CT molecular complexity index is 398. The number of carbonyl (C=O) groups is 1. The van der Waals surface area contributed by atoms with Crippen LogP contribution in [0.4, 0.5) is 10.5 Å². The van der Waals surface area contributed by atoms with Crippen LogP contribution in [0.15, 0.2) is 29.2 Å². The van der Waals surface area contributed by atoms with E-state index in [9.17, 15) is 4.79 Å². The van der Waals surface area contributed by atoms with E-state index in [-0.39, 0.29) is 0 Å². The van der Waals surface area contributed by atoms with Gasteiger partial charge in [-0.2, -0.15) is 0 Å². The Morgan fingerprint density at radius 2 is 2.12 bits per heavy atom. The van der Waals surface area contributed by atoms with Crippen molar-refractivity contribution >= 4 is 51.6 Å². The van der Waals surface area contributed by atoms with E-state index < -0.39 is 14.4 Å². The first kappa shape index (κ1) is 14.8. The Morgan fingerprint density at radius 3 is 2.71 bits per heavy atom. The van der Waals surface area contributed by atoms with Crippen LogP contribution in [0.3, 0.4) is 0 Å². The molecule has 0 atom stereocenters. The van der Waals surface area contributed by atoms with Crippen LogP contribution in [-0.4, -0.2) is 14.4 Å². The molecule has 0 fully saturated rings. The Balaban J connectivity index is 2.62. The van der Waals surface area contributed by atoms with E-state index in [1.807, 2.05) is 43.9 Å². The van der Waals surface area contributed by atoms with Gasteiger partial charge in [0.05, 0.1) is 0 Å². The van der Waals surface area contributed by atoms with Gasteiger partial charge in [-0.25, -0.2) is 4.79 Å². The van der Waals surface area contributed by atoms with Crippen molar-refractivity contribution in [2.75, 3.05) is 5.32 Å². The van der Waals surface area contributed by atoms with Gasteiger partial charge < -0.3 is 4.43 Å². The second-order valence-corrected chi connectivity index (χ2v) is 11.5. The van der Waals surface area contributed by atoms with E-state index in [0.29, 0.717) is 5.69 Å². The van der Waals surface area contributed by atoms with Gasteiger partial charge in [0.1, 0.15) is 0 Å². The Hall–Kier alpha value is -0.303. The molecule has 1 aromatic rings. The van der Waals surface area contributed by atoms with Crippen molar-refractivity contribution in [3.8, 4) is 0 Å². The molecule has 0 radical (unpaired) electrons. The van der Waals surface area contributed by atoms with Crippen molar-refractivity contribution in [3.63, 3.8) is 0 Å². The molecule has 1 N–H and O–H groups in total. The lowest BCUT2D eigenvalue weighted by Gasteiger charge is -2.17. The lowest BCUT2D eigenvalue weighted by atomic mass is 10.3. The second kappa shape index (κ2) is 6.58. The molecule has 0 aliphatic carbocycles. The summed E-state index contributed by atoms with van der Waals surface area (Å²) in [5, 5.41) is 2.71. The van der Waals surface area contributed by atoms with Gasteiger partial charge >= 0.3 is 6.09 Å². The van der Waals surface area contributed by atoms with E-state index in [4.69, 9.17) is 15.1 Å². The minimum Gasteiger partial charge on any atom is -0.504 e. The quantitative estimate of drug-likeness (QED) is 0.630. The average molecular weight is 308 g/mol. The molecular weight excluding hydrogens is 294 g/mol. The van der Waals surface area contributed by atoms with Crippen molar-refractivity contribution < 1.29 is 9.22 Å². The summed E-state index contributed by atoms with van der Waals surface area (Å²) in [6, 6.07) is 7.45. The summed E-state index contributed by atoms with van der Waals surface area (Å²) in [7, 11) is 6.28. The monoisotopic (exact) mass is 307 g/mol. The molecule has 94 valence electrons. The molecule has 0 unspecified atom stereocenters. The maximum absolute atomic E-state index is 11.6. The van der Waals surface area contributed by atoms with Crippen LogP contribution in [0.1, 0.15) is 0 Å². The molecule has 1 aromatic carbocycles. The normalized spacial score (nSPS) is 11.1. The average Bonchev–Trinajstić information content (AvgIpc) is 2.15. The SMILES string of the molecule is C[Si](C)(C)OC(=O)Nc1cccc(SSCl)c1. The van der Waals surface area contributed by atoms with Gasteiger partial charge in [-0.15, -0.1) is 0 Å². The minimum absolute atomic E-state index is 0.398. The molecule has 0 aliphatic rings. The predicted molar refractivity (Wildman–Crippen MR) is 79.2 cm³/mol. The summed E-state index contributed by atoms with van der Waals surface area (Å²) in [5.41, 5.74) is 0.712. The zero-order chi connectivity index (χ0) is 12.9. The van der Waals surface area contributed by atoms with Crippen LogP contribution in [0.2, 0.25) is 19.6 Å². The molecular formula is C10H14ClNO2S2Si. The topological polar surface area (TPSA) is 38.3 Å². The van der Waals surface area contributed by atoms with Gasteiger partial charge in [0.2, 0.25) is 8.32 Å². The number of nitrogens with one attached hydrogen (secondary N) is 1. The van der Waals surface area contributed by atoms with Gasteiger partial charge in [0, 0.05) is 20.6 Å². The first-order valence-electron chi connectivity index (χ1n) is 4.96. The van der Waals surface area contributed by atoms with E-state index in [1.54, 1.807) is 0 Å². The molecule has 17 heavy (non-hydrogen) atoms. The summed E-state index contributed by atoms with van der Waals surface area (Å²) in [5.74, 6) is 0. The van der Waals surface area contributed by atoms with Crippen molar-refractivity contribution in [2.45, 2.75) is 24.5 Å². The van der Waals surface area contributed by atoms with Gasteiger partial charge in [0.15, 0.2) is 0 Å². The van der Waals surface area contributed by atoms with Crippen molar-refractivity contribution in [2.24, 2.45) is 0 Å². The third kappa shape index (κ3) is 6.26. The summed E-state index contributed by atoms with van der Waals surface area (Å²) >= 11 is 0. The number of amides is 1. The summed E-state index contributed by atoms with van der Waals surface area (Å²) in [6.07, 6.45) is -0.398. The van der Waals surface area contributed by atoms with E-state index in [2.05, 4.69) is 5.32 Å². The fourth-order valence-corrected chi connectivity index (χ4v) is 3.26. The van der Waals surface area contributed by atoms with Crippen LogP contribution in [0.25, 0.3) is 0 Å². The second-order valence-electron chi connectivity index (χ2n) is 4.30. The molecule has 0 aromatic heterocycles. The van der Waals surface area contributed by atoms with E-state index in [0.717, 1.165) is 14.9 Å². The molecule has 0 saturated heterocycles. The standard InChI is InChI=1S/C10H14ClNO2S2Si/c1-17(2,3)14-10(13)12-8-5-4-6-9(7-8)15-16-11/h4-7H,1-3H3,(H,12,13). The zero-order valence-corrected chi connectivity index (χ0v) is 13.2. The maximum Gasteiger partial charge on any atom is 0.398 e. The highest BCUT2D eigenvalue weighted by Crippen LogP contribution is 2.34. The lowest BCUT2D eigenvalue weighted by molar-refractivity contribution is 0.214. The molecule has 1 rings (SSSR count).